The third-order valence-corrected chi connectivity index (χ3v) is 4.69. The summed E-state index contributed by atoms with van der Waals surface area (Å²) in [4.78, 5) is 18.4. The molecule has 0 bridgehead atoms. The fourth-order valence-corrected chi connectivity index (χ4v) is 3.27. The third kappa shape index (κ3) is 2.59. The number of benzene rings is 2. The Morgan fingerprint density at radius 2 is 1.85 bits per heavy atom. The standard InChI is InChI=1S/C19H13ClN2O4/c20-14-3-1-11(2-4-14)8-22-9-13-5-12-6-16-17(25-10-24-16)7-15(12)21-18(13)26-19(22)23/h1-7H,8-10H2. The number of rotatable bonds is 2. The van der Waals surface area contributed by atoms with Gasteiger partial charge in [0, 0.05) is 28.6 Å². The van der Waals surface area contributed by atoms with Gasteiger partial charge >= 0.3 is 6.09 Å². The highest BCUT2D eigenvalue weighted by molar-refractivity contribution is 6.30. The van der Waals surface area contributed by atoms with Crippen LogP contribution in [0.5, 0.6) is 17.4 Å². The van der Waals surface area contributed by atoms with Crippen molar-refractivity contribution in [1.29, 1.82) is 0 Å². The van der Waals surface area contributed by atoms with Crippen molar-refractivity contribution < 1.29 is 19.0 Å². The lowest BCUT2D eigenvalue weighted by molar-refractivity contribution is 0.133. The predicted molar refractivity (Wildman–Crippen MR) is 94.6 cm³/mol. The lowest BCUT2D eigenvalue weighted by Crippen LogP contribution is -2.36. The Balaban J connectivity index is 1.48. The zero-order valence-corrected chi connectivity index (χ0v) is 14.3. The molecule has 1 aromatic heterocycles. The Bertz CT molecular complexity index is 1040. The number of carbonyl (C=O) groups is 1. The molecule has 0 N–H and O–H groups in total. The molecule has 2 aliphatic rings. The second-order valence-corrected chi connectivity index (χ2v) is 6.64. The van der Waals surface area contributed by atoms with Crippen molar-refractivity contribution in [3.63, 3.8) is 0 Å². The highest BCUT2D eigenvalue weighted by Crippen LogP contribution is 2.37. The minimum absolute atomic E-state index is 0.204. The zero-order chi connectivity index (χ0) is 17.7. The highest BCUT2D eigenvalue weighted by Gasteiger charge is 2.27. The maximum atomic E-state index is 12.3. The Hall–Kier alpha value is -2.99. The number of hydrogen-bond donors (Lipinski definition) is 0. The van der Waals surface area contributed by atoms with Crippen molar-refractivity contribution in [2.75, 3.05) is 6.79 Å². The van der Waals surface area contributed by atoms with E-state index in [2.05, 4.69) is 4.98 Å². The van der Waals surface area contributed by atoms with Crippen LogP contribution in [0.15, 0.2) is 42.5 Å². The van der Waals surface area contributed by atoms with Crippen molar-refractivity contribution in [1.82, 2.24) is 9.88 Å². The van der Waals surface area contributed by atoms with Crippen LogP contribution in [0.1, 0.15) is 11.1 Å². The summed E-state index contributed by atoms with van der Waals surface area (Å²) in [7, 11) is 0. The molecule has 3 aromatic rings. The van der Waals surface area contributed by atoms with Crippen molar-refractivity contribution >= 4 is 28.6 Å². The number of amides is 1. The number of halogens is 1. The second-order valence-electron chi connectivity index (χ2n) is 6.20. The number of nitrogens with zero attached hydrogens (tertiary/aromatic N) is 2. The monoisotopic (exact) mass is 368 g/mol. The number of carbonyl (C=O) groups excluding carboxylic acids is 1. The molecule has 2 aliphatic heterocycles. The van der Waals surface area contributed by atoms with Gasteiger partial charge < -0.3 is 14.2 Å². The molecule has 0 spiro atoms. The summed E-state index contributed by atoms with van der Waals surface area (Å²) < 4.78 is 16.2. The molecule has 0 saturated carbocycles. The molecule has 7 heteroatoms. The molecule has 130 valence electrons. The lowest BCUT2D eigenvalue weighted by atomic mass is 10.1. The molecule has 26 heavy (non-hydrogen) atoms. The lowest BCUT2D eigenvalue weighted by Gasteiger charge is -2.27. The van der Waals surface area contributed by atoms with Gasteiger partial charge in [-0.05, 0) is 29.8 Å². The number of fused-ring (bicyclic) bond motifs is 3. The molecule has 5 rings (SSSR count). The SMILES string of the molecule is O=C1Oc2nc3cc4c(cc3cc2CN1Cc1ccc(Cl)cc1)OCO4. The van der Waals surface area contributed by atoms with E-state index >= 15 is 0 Å². The van der Waals surface area contributed by atoms with Gasteiger partial charge in [-0.3, -0.25) is 4.90 Å². The first-order valence-electron chi connectivity index (χ1n) is 8.10. The molecule has 1 amide bonds. The molecule has 2 aromatic carbocycles. The van der Waals surface area contributed by atoms with Gasteiger partial charge in [0.15, 0.2) is 11.5 Å². The Morgan fingerprint density at radius 3 is 2.65 bits per heavy atom. The summed E-state index contributed by atoms with van der Waals surface area (Å²) in [6.07, 6.45) is -0.417. The quantitative estimate of drug-likeness (QED) is 0.680. The van der Waals surface area contributed by atoms with E-state index in [0.717, 1.165) is 16.5 Å². The Morgan fingerprint density at radius 1 is 1.08 bits per heavy atom. The van der Waals surface area contributed by atoms with Gasteiger partial charge in [0.05, 0.1) is 12.1 Å². The Kier molecular flexibility index (Phi) is 3.39. The zero-order valence-electron chi connectivity index (χ0n) is 13.6. The average Bonchev–Trinajstić information content (AvgIpc) is 3.08. The molecule has 6 nitrogen and oxygen atoms in total. The van der Waals surface area contributed by atoms with Crippen molar-refractivity contribution in [2.45, 2.75) is 13.1 Å². The van der Waals surface area contributed by atoms with E-state index in [0.29, 0.717) is 41.0 Å². The largest absolute Gasteiger partial charge is 0.454 e. The predicted octanol–water partition coefficient (Wildman–Crippen LogP) is 4.13. The van der Waals surface area contributed by atoms with Crippen molar-refractivity contribution in [2.24, 2.45) is 0 Å². The van der Waals surface area contributed by atoms with Crippen molar-refractivity contribution in [3.05, 3.63) is 58.6 Å². The minimum atomic E-state index is -0.417. The number of hydrogen-bond acceptors (Lipinski definition) is 5. The first-order valence-corrected chi connectivity index (χ1v) is 8.48. The fraction of sp³-hybridized carbons (Fsp3) is 0.158. The van der Waals surface area contributed by atoms with Gasteiger partial charge in [-0.15, -0.1) is 0 Å². The van der Waals surface area contributed by atoms with Gasteiger partial charge in [-0.1, -0.05) is 23.7 Å². The van der Waals surface area contributed by atoms with Crippen LogP contribution in [0.25, 0.3) is 10.9 Å². The summed E-state index contributed by atoms with van der Waals surface area (Å²) in [5.41, 5.74) is 2.53. The van der Waals surface area contributed by atoms with Gasteiger partial charge in [0.25, 0.3) is 0 Å². The second kappa shape index (κ2) is 5.78. The van der Waals surface area contributed by atoms with Crippen LogP contribution in [0, 0.1) is 0 Å². The maximum Gasteiger partial charge on any atom is 0.417 e. The molecular formula is C19H13ClN2O4. The average molecular weight is 369 g/mol. The molecule has 0 radical (unpaired) electrons. The normalized spacial score (nSPS) is 15.1. The van der Waals surface area contributed by atoms with E-state index in [1.165, 1.54) is 0 Å². The molecule has 0 aliphatic carbocycles. The molecule has 0 atom stereocenters. The smallest absolute Gasteiger partial charge is 0.417 e. The summed E-state index contributed by atoms with van der Waals surface area (Å²) in [5, 5.41) is 1.58. The Labute approximate surface area is 153 Å². The van der Waals surface area contributed by atoms with Gasteiger partial charge in [-0.25, -0.2) is 9.78 Å². The van der Waals surface area contributed by atoms with E-state index in [9.17, 15) is 4.79 Å². The summed E-state index contributed by atoms with van der Waals surface area (Å²) in [6, 6.07) is 13.1. The minimum Gasteiger partial charge on any atom is -0.454 e. The van der Waals surface area contributed by atoms with Crippen LogP contribution in [0.2, 0.25) is 5.02 Å². The third-order valence-electron chi connectivity index (χ3n) is 4.44. The van der Waals surface area contributed by atoms with Crippen LogP contribution in [-0.4, -0.2) is 22.8 Å². The van der Waals surface area contributed by atoms with Crippen LogP contribution in [0.3, 0.4) is 0 Å². The van der Waals surface area contributed by atoms with E-state index in [-0.39, 0.29) is 6.79 Å². The molecule has 0 unspecified atom stereocenters. The maximum absolute atomic E-state index is 12.3. The van der Waals surface area contributed by atoms with Crippen LogP contribution >= 0.6 is 11.6 Å². The van der Waals surface area contributed by atoms with Gasteiger partial charge in [-0.2, -0.15) is 0 Å². The van der Waals surface area contributed by atoms with Crippen molar-refractivity contribution in [3.8, 4) is 17.4 Å². The number of ether oxygens (including phenoxy) is 3. The molecule has 3 heterocycles. The van der Waals surface area contributed by atoms with Crippen LogP contribution < -0.4 is 14.2 Å². The van der Waals surface area contributed by atoms with Gasteiger partial charge in [0.2, 0.25) is 12.7 Å². The number of pyridine rings is 1. The van der Waals surface area contributed by atoms with Crippen LogP contribution in [-0.2, 0) is 13.1 Å². The molecule has 0 saturated heterocycles. The van der Waals surface area contributed by atoms with Gasteiger partial charge in [0.1, 0.15) is 0 Å². The first kappa shape index (κ1) is 15.3. The topological polar surface area (TPSA) is 60.9 Å². The van der Waals surface area contributed by atoms with E-state index < -0.39 is 6.09 Å². The molecule has 0 fully saturated rings. The number of aromatic nitrogens is 1. The summed E-state index contributed by atoms with van der Waals surface area (Å²) in [6.45, 7) is 1.07. The summed E-state index contributed by atoms with van der Waals surface area (Å²) >= 11 is 5.91. The fourth-order valence-electron chi connectivity index (χ4n) is 3.14. The summed E-state index contributed by atoms with van der Waals surface area (Å²) in [5.74, 6) is 1.69. The van der Waals surface area contributed by atoms with E-state index in [1.54, 1.807) is 23.1 Å². The van der Waals surface area contributed by atoms with Crippen LogP contribution in [0.4, 0.5) is 4.79 Å². The first-order chi connectivity index (χ1) is 12.7. The highest BCUT2D eigenvalue weighted by atomic mass is 35.5. The van der Waals surface area contributed by atoms with E-state index in [4.69, 9.17) is 25.8 Å². The molecular weight excluding hydrogens is 356 g/mol. The van der Waals surface area contributed by atoms with E-state index in [1.807, 2.05) is 24.3 Å².